The zero-order chi connectivity index (χ0) is 23.4. The van der Waals surface area contributed by atoms with Gasteiger partial charge < -0.3 is 5.32 Å². The van der Waals surface area contributed by atoms with Crippen molar-refractivity contribution in [2.24, 2.45) is 0 Å². The van der Waals surface area contributed by atoms with Crippen molar-refractivity contribution in [3.05, 3.63) is 93.0 Å². The van der Waals surface area contributed by atoms with Crippen LogP contribution in [0.5, 0.6) is 0 Å². The van der Waals surface area contributed by atoms with Gasteiger partial charge in [0.2, 0.25) is 5.91 Å². The van der Waals surface area contributed by atoms with Crippen LogP contribution in [0.25, 0.3) is 17.1 Å². The van der Waals surface area contributed by atoms with Crippen molar-refractivity contribution in [3.63, 3.8) is 0 Å². The zero-order valence-electron chi connectivity index (χ0n) is 16.8. The minimum Gasteiger partial charge on any atom is -0.324 e. The Morgan fingerprint density at radius 1 is 1.03 bits per heavy atom. The number of carbonyl (C=O) groups is 1. The first-order valence-corrected chi connectivity index (χ1v) is 11.3. The molecule has 1 heterocycles. The van der Waals surface area contributed by atoms with Crippen molar-refractivity contribution in [1.29, 1.82) is 0 Å². The van der Waals surface area contributed by atoms with Gasteiger partial charge in [0.05, 0.1) is 21.4 Å². The monoisotopic (exact) mass is 499 g/mol. The number of nitrogens with one attached hydrogen (secondary N) is 1. The second-order valence-corrected chi connectivity index (χ2v) is 8.53. The third kappa shape index (κ3) is 5.33. The van der Waals surface area contributed by atoms with Gasteiger partial charge in [-0.2, -0.15) is 0 Å². The Morgan fingerprint density at radius 2 is 1.82 bits per heavy atom. The Hall–Kier alpha value is -3.40. The highest BCUT2D eigenvalue weighted by molar-refractivity contribution is 7.99. The van der Waals surface area contributed by atoms with Crippen LogP contribution in [0.3, 0.4) is 0 Å². The predicted octanol–water partition coefficient (Wildman–Crippen LogP) is 5.88. The van der Waals surface area contributed by atoms with E-state index < -0.39 is 4.92 Å². The highest BCUT2D eigenvalue weighted by Gasteiger charge is 2.19. The van der Waals surface area contributed by atoms with Crippen molar-refractivity contribution < 1.29 is 9.72 Å². The molecule has 1 amide bonds. The molecule has 0 aliphatic rings. The van der Waals surface area contributed by atoms with Gasteiger partial charge in [-0.05, 0) is 30.3 Å². The number of amides is 1. The summed E-state index contributed by atoms with van der Waals surface area (Å²) in [6, 6.07) is 20.3. The van der Waals surface area contributed by atoms with Gasteiger partial charge in [-0.1, -0.05) is 65.3 Å². The number of benzene rings is 3. The summed E-state index contributed by atoms with van der Waals surface area (Å²) in [4.78, 5) is 23.3. The largest absolute Gasteiger partial charge is 0.324 e. The number of halogens is 2. The van der Waals surface area contributed by atoms with Gasteiger partial charge in [-0.25, -0.2) is 0 Å². The highest BCUT2D eigenvalue weighted by atomic mass is 35.5. The number of nitro benzene ring substituents is 1. The highest BCUT2D eigenvalue weighted by Crippen LogP contribution is 2.30. The number of aromatic nitrogens is 3. The quantitative estimate of drug-likeness (QED) is 0.193. The molecule has 0 fully saturated rings. The van der Waals surface area contributed by atoms with Gasteiger partial charge >= 0.3 is 0 Å². The van der Waals surface area contributed by atoms with Crippen LogP contribution in [0.4, 0.5) is 11.4 Å². The third-order valence-electron chi connectivity index (χ3n) is 4.50. The van der Waals surface area contributed by atoms with Crippen LogP contribution < -0.4 is 5.32 Å². The fourth-order valence-corrected chi connectivity index (χ4v) is 4.23. The van der Waals surface area contributed by atoms with Gasteiger partial charge in [-0.3, -0.25) is 19.5 Å². The van der Waals surface area contributed by atoms with E-state index in [1.54, 1.807) is 34.9 Å². The Morgan fingerprint density at radius 3 is 2.55 bits per heavy atom. The first kappa shape index (κ1) is 22.8. The van der Waals surface area contributed by atoms with E-state index in [9.17, 15) is 14.9 Å². The fraction of sp³-hybridized carbons (Fsp3) is 0.0455. The number of carbonyl (C=O) groups excluding carboxylic acids is 1. The molecule has 1 aromatic heterocycles. The van der Waals surface area contributed by atoms with Gasteiger partial charge in [0.15, 0.2) is 11.0 Å². The van der Waals surface area contributed by atoms with E-state index in [4.69, 9.17) is 23.2 Å². The average molecular weight is 500 g/mol. The van der Waals surface area contributed by atoms with E-state index >= 15 is 0 Å². The summed E-state index contributed by atoms with van der Waals surface area (Å²) in [5, 5.41) is 23.7. The summed E-state index contributed by atoms with van der Waals surface area (Å²) in [6.07, 6.45) is 0. The lowest BCUT2D eigenvalue weighted by molar-refractivity contribution is -0.384. The SMILES string of the molecule is O=C(CSc1nnc(-c2cccc([N+](=O)[O-])c2)n1-c1ccccc1)Nc1ccc(Cl)cc1Cl. The van der Waals surface area contributed by atoms with E-state index in [1.165, 1.54) is 23.9 Å². The molecule has 0 atom stereocenters. The molecule has 11 heteroatoms. The second kappa shape index (κ2) is 10.0. The third-order valence-corrected chi connectivity index (χ3v) is 5.98. The molecular formula is C22H15Cl2N5O3S. The number of thioether (sulfide) groups is 1. The molecule has 0 bridgehead atoms. The molecule has 0 saturated heterocycles. The predicted molar refractivity (Wildman–Crippen MR) is 129 cm³/mol. The Balaban J connectivity index is 1.61. The molecule has 3 aromatic carbocycles. The van der Waals surface area contributed by atoms with Crippen LogP contribution in [-0.4, -0.2) is 31.3 Å². The first-order valence-electron chi connectivity index (χ1n) is 9.56. The molecule has 0 radical (unpaired) electrons. The normalized spacial score (nSPS) is 10.7. The minimum absolute atomic E-state index is 0.0405. The molecule has 4 aromatic rings. The number of anilines is 1. The van der Waals surface area contributed by atoms with Crippen LogP contribution in [0.15, 0.2) is 78.0 Å². The zero-order valence-corrected chi connectivity index (χ0v) is 19.1. The summed E-state index contributed by atoms with van der Waals surface area (Å²) in [5.41, 5.74) is 1.69. The maximum Gasteiger partial charge on any atom is 0.270 e. The minimum atomic E-state index is -0.464. The maximum absolute atomic E-state index is 12.5. The molecule has 0 saturated carbocycles. The van der Waals surface area contributed by atoms with Crippen LogP contribution in [-0.2, 0) is 4.79 Å². The van der Waals surface area contributed by atoms with Crippen molar-refractivity contribution in [1.82, 2.24) is 14.8 Å². The summed E-state index contributed by atoms with van der Waals surface area (Å²) >= 11 is 13.2. The average Bonchev–Trinajstić information content (AvgIpc) is 3.24. The molecule has 4 rings (SSSR count). The van der Waals surface area contributed by atoms with E-state index in [0.29, 0.717) is 32.3 Å². The topological polar surface area (TPSA) is 103 Å². The van der Waals surface area contributed by atoms with Crippen LogP contribution in [0, 0.1) is 10.1 Å². The number of rotatable bonds is 7. The van der Waals surface area contributed by atoms with Crippen molar-refractivity contribution in [3.8, 4) is 17.1 Å². The number of nitro groups is 1. The summed E-state index contributed by atoms with van der Waals surface area (Å²) < 4.78 is 1.76. The van der Waals surface area contributed by atoms with Crippen LogP contribution in [0.2, 0.25) is 10.0 Å². The summed E-state index contributed by atoms with van der Waals surface area (Å²) in [6.45, 7) is 0. The molecule has 8 nitrogen and oxygen atoms in total. The number of para-hydroxylation sites is 1. The van der Waals surface area contributed by atoms with E-state index in [0.717, 1.165) is 5.69 Å². The number of non-ortho nitro benzene ring substituents is 1. The van der Waals surface area contributed by atoms with Crippen molar-refractivity contribution in [2.45, 2.75) is 5.16 Å². The van der Waals surface area contributed by atoms with Crippen LogP contribution >= 0.6 is 35.0 Å². The number of nitrogens with zero attached hydrogens (tertiary/aromatic N) is 4. The van der Waals surface area contributed by atoms with E-state index in [1.807, 2.05) is 30.3 Å². The molecule has 0 aliphatic carbocycles. The fourth-order valence-electron chi connectivity index (χ4n) is 3.03. The number of hydrogen-bond acceptors (Lipinski definition) is 6. The lowest BCUT2D eigenvalue weighted by Gasteiger charge is -2.11. The molecule has 166 valence electrons. The van der Waals surface area contributed by atoms with Gasteiger partial charge in [0.25, 0.3) is 5.69 Å². The molecule has 33 heavy (non-hydrogen) atoms. The Kier molecular flexibility index (Phi) is 6.93. The maximum atomic E-state index is 12.5. The molecule has 0 spiro atoms. The lowest BCUT2D eigenvalue weighted by Crippen LogP contribution is -2.15. The Bertz CT molecular complexity index is 1330. The summed E-state index contributed by atoms with van der Waals surface area (Å²) in [7, 11) is 0. The van der Waals surface area contributed by atoms with E-state index in [-0.39, 0.29) is 17.3 Å². The number of hydrogen-bond donors (Lipinski definition) is 1. The molecule has 0 unspecified atom stereocenters. The van der Waals surface area contributed by atoms with Gasteiger partial charge in [0.1, 0.15) is 0 Å². The van der Waals surface area contributed by atoms with Gasteiger partial charge in [0, 0.05) is 28.4 Å². The standard InChI is InChI=1S/C22H15Cl2N5O3S/c23-15-9-10-19(18(24)12-15)25-20(30)13-33-22-27-26-21(28(22)16-6-2-1-3-7-16)14-5-4-8-17(11-14)29(31)32/h1-12H,13H2,(H,25,30). The lowest BCUT2D eigenvalue weighted by atomic mass is 10.2. The summed E-state index contributed by atoms with van der Waals surface area (Å²) in [5.74, 6) is 0.177. The first-order chi connectivity index (χ1) is 15.9. The smallest absolute Gasteiger partial charge is 0.270 e. The van der Waals surface area contributed by atoms with Crippen molar-refractivity contribution >= 4 is 52.2 Å². The Labute approximate surface area is 202 Å². The van der Waals surface area contributed by atoms with E-state index in [2.05, 4.69) is 15.5 Å². The van der Waals surface area contributed by atoms with Gasteiger partial charge in [-0.15, -0.1) is 10.2 Å². The molecule has 1 N–H and O–H groups in total. The second-order valence-electron chi connectivity index (χ2n) is 6.75. The van der Waals surface area contributed by atoms with Crippen LogP contribution in [0.1, 0.15) is 0 Å². The molecular weight excluding hydrogens is 485 g/mol. The molecule has 0 aliphatic heterocycles. The van der Waals surface area contributed by atoms with Crippen molar-refractivity contribution in [2.75, 3.05) is 11.1 Å².